The third-order valence-electron chi connectivity index (χ3n) is 2.93. The first kappa shape index (κ1) is 11.3. The molecule has 1 heterocycles. The standard InChI is InChI=1S/C12H15Cl2N/c1-12(2)6-11(15-7-12)8-3-4-9(13)10(14)5-8/h3-5,11,15H,6-7H2,1-2H3/t11-/m1/s1. The number of hydrogen-bond donors (Lipinski definition) is 1. The predicted molar refractivity (Wildman–Crippen MR) is 65.6 cm³/mol. The molecule has 0 aromatic heterocycles. The van der Waals surface area contributed by atoms with Crippen LogP contribution in [0.15, 0.2) is 18.2 Å². The Kier molecular flexibility index (Phi) is 2.98. The Balaban J connectivity index is 2.21. The Morgan fingerprint density at radius 3 is 2.53 bits per heavy atom. The van der Waals surface area contributed by atoms with Crippen LogP contribution in [-0.2, 0) is 0 Å². The molecule has 15 heavy (non-hydrogen) atoms. The Bertz CT molecular complexity index is 374. The largest absolute Gasteiger partial charge is 0.309 e. The van der Waals surface area contributed by atoms with Gasteiger partial charge in [-0.1, -0.05) is 43.1 Å². The molecule has 1 fully saturated rings. The molecule has 82 valence electrons. The van der Waals surface area contributed by atoms with Crippen molar-refractivity contribution in [3.8, 4) is 0 Å². The quantitative estimate of drug-likeness (QED) is 0.785. The van der Waals surface area contributed by atoms with E-state index < -0.39 is 0 Å². The van der Waals surface area contributed by atoms with Crippen molar-refractivity contribution in [2.75, 3.05) is 6.54 Å². The molecule has 1 aliphatic rings. The Morgan fingerprint density at radius 1 is 1.27 bits per heavy atom. The molecular weight excluding hydrogens is 229 g/mol. The van der Waals surface area contributed by atoms with Crippen LogP contribution in [0.1, 0.15) is 31.9 Å². The van der Waals surface area contributed by atoms with Gasteiger partial charge in [0, 0.05) is 12.6 Å². The molecule has 1 aliphatic heterocycles. The van der Waals surface area contributed by atoms with Crippen molar-refractivity contribution in [1.29, 1.82) is 0 Å². The van der Waals surface area contributed by atoms with Crippen molar-refractivity contribution in [3.63, 3.8) is 0 Å². The molecule has 0 spiro atoms. The molecule has 3 heteroatoms. The minimum absolute atomic E-state index is 0.372. The van der Waals surface area contributed by atoms with Gasteiger partial charge in [-0.05, 0) is 29.5 Å². The summed E-state index contributed by atoms with van der Waals surface area (Å²) >= 11 is 11.9. The highest BCUT2D eigenvalue weighted by Gasteiger charge is 2.31. The van der Waals surface area contributed by atoms with Crippen LogP contribution in [0.4, 0.5) is 0 Å². The van der Waals surface area contributed by atoms with Crippen LogP contribution in [0.25, 0.3) is 0 Å². The molecule has 1 aromatic carbocycles. The lowest BCUT2D eigenvalue weighted by Gasteiger charge is -2.15. The van der Waals surface area contributed by atoms with Crippen molar-refractivity contribution in [2.45, 2.75) is 26.3 Å². The highest BCUT2D eigenvalue weighted by molar-refractivity contribution is 6.42. The van der Waals surface area contributed by atoms with Crippen LogP contribution in [0.3, 0.4) is 0 Å². The summed E-state index contributed by atoms with van der Waals surface area (Å²) in [6, 6.07) is 6.29. The van der Waals surface area contributed by atoms with Crippen LogP contribution in [0.5, 0.6) is 0 Å². The summed E-state index contributed by atoms with van der Waals surface area (Å²) in [6.07, 6.45) is 1.14. The summed E-state index contributed by atoms with van der Waals surface area (Å²) in [4.78, 5) is 0. The molecule has 2 rings (SSSR count). The molecule has 0 radical (unpaired) electrons. The van der Waals surface area contributed by atoms with Gasteiger partial charge < -0.3 is 5.32 Å². The first-order valence-corrected chi connectivity index (χ1v) is 5.92. The van der Waals surface area contributed by atoms with Crippen LogP contribution in [-0.4, -0.2) is 6.54 Å². The lowest BCUT2D eigenvalue weighted by atomic mass is 9.89. The maximum atomic E-state index is 6.00. The molecule has 1 nitrogen and oxygen atoms in total. The van der Waals surface area contributed by atoms with Gasteiger partial charge in [-0.2, -0.15) is 0 Å². The zero-order valence-corrected chi connectivity index (χ0v) is 10.5. The van der Waals surface area contributed by atoms with E-state index in [0.717, 1.165) is 13.0 Å². The Labute approximate surface area is 101 Å². The molecule has 1 N–H and O–H groups in total. The summed E-state index contributed by atoms with van der Waals surface area (Å²) in [7, 11) is 0. The van der Waals surface area contributed by atoms with Crippen molar-refractivity contribution in [1.82, 2.24) is 5.32 Å². The van der Waals surface area contributed by atoms with E-state index >= 15 is 0 Å². The van der Waals surface area contributed by atoms with Gasteiger partial charge in [0.2, 0.25) is 0 Å². The fourth-order valence-corrected chi connectivity index (χ4v) is 2.37. The lowest BCUT2D eigenvalue weighted by molar-refractivity contribution is 0.403. The van der Waals surface area contributed by atoms with Gasteiger partial charge in [-0.3, -0.25) is 0 Å². The van der Waals surface area contributed by atoms with E-state index in [0.29, 0.717) is 21.5 Å². The van der Waals surface area contributed by atoms with Crippen LogP contribution in [0.2, 0.25) is 10.0 Å². The molecule has 1 aromatic rings. The van der Waals surface area contributed by atoms with Crippen molar-refractivity contribution in [2.24, 2.45) is 5.41 Å². The molecule has 1 saturated heterocycles. The third-order valence-corrected chi connectivity index (χ3v) is 3.67. The average Bonchev–Trinajstić information content (AvgIpc) is 2.51. The minimum atomic E-state index is 0.372. The fraction of sp³-hybridized carbons (Fsp3) is 0.500. The SMILES string of the molecule is CC1(C)CN[C@@H](c2ccc(Cl)c(Cl)c2)C1. The smallest absolute Gasteiger partial charge is 0.0595 e. The van der Waals surface area contributed by atoms with Crippen LogP contribution >= 0.6 is 23.2 Å². The molecular formula is C12H15Cl2N. The number of benzene rings is 1. The summed E-state index contributed by atoms with van der Waals surface area (Å²) in [5.74, 6) is 0. The van der Waals surface area contributed by atoms with Gasteiger partial charge in [-0.25, -0.2) is 0 Å². The zero-order chi connectivity index (χ0) is 11.1. The number of halogens is 2. The zero-order valence-electron chi connectivity index (χ0n) is 8.98. The van der Waals surface area contributed by atoms with E-state index in [-0.39, 0.29) is 0 Å². The van der Waals surface area contributed by atoms with Gasteiger partial charge in [-0.15, -0.1) is 0 Å². The number of rotatable bonds is 1. The van der Waals surface area contributed by atoms with E-state index in [1.165, 1.54) is 5.56 Å². The monoisotopic (exact) mass is 243 g/mol. The predicted octanol–water partition coefficient (Wildman–Crippen LogP) is 4.05. The van der Waals surface area contributed by atoms with Crippen LogP contribution < -0.4 is 5.32 Å². The van der Waals surface area contributed by atoms with Gasteiger partial charge in [0.25, 0.3) is 0 Å². The van der Waals surface area contributed by atoms with Crippen LogP contribution in [0, 0.1) is 5.41 Å². The molecule has 0 aliphatic carbocycles. The van der Waals surface area contributed by atoms with E-state index in [2.05, 4.69) is 19.2 Å². The summed E-state index contributed by atoms with van der Waals surface area (Å²) < 4.78 is 0. The van der Waals surface area contributed by atoms with E-state index in [1.807, 2.05) is 18.2 Å². The molecule has 1 atom stereocenters. The van der Waals surface area contributed by atoms with Gasteiger partial charge in [0.15, 0.2) is 0 Å². The summed E-state index contributed by atoms with van der Waals surface area (Å²) in [5, 5.41) is 4.77. The second-order valence-corrected chi connectivity index (χ2v) is 5.79. The molecule has 0 amide bonds. The van der Waals surface area contributed by atoms with E-state index in [9.17, 15) is 0 Å². The normalized spacial score (nSPS) is 24.4. The highest BCUT2D eigenvalue weighted by atomic mass is 35.5. The first-order valence-electron chi connectivity index (χ1n) is 5.16. The maximum Gasteiger partial charge on any atom is 0.0595 e. The second kappa shape index (κ2) is 3.97. The van der Waals surface area contributed by atoms with Gasteiger partial charge in [0.1, 0.15) is 0 Å². The van der Waals surface area contributed by atoms with Crippen molar-refractivity contribution >= 4 is 23.2 Å². The fourth-order valence-electron chi connectivity index (χ4n) is 2.06. The average molecular weight is 244 g/mol. The molecule has 0 saturated carbocycles. The third kappa shape index (κ3) is 2.47. The first-order chi connectivity index (χ1) is 6.98. The molecule has 0 unspecified atom stereocenters. The summed E-state index contributed by atoms with van der Waals surface area (Å²) in [5.41, 5.74) is 1.60. The number of hydrogen-bond acceptors (Lipinski definition) is 1. The van der Waals surface area contributed by atoms with E-state index in [4.69, 9.17) is 23.2 Å². The lowest BCUT2D eigenvalue weighted by Crippen LogP contribution is -2.16. The Hall–Kier alpha value is -0.240. The summed E-state index contributed by atoms with van der Waals surface area (Å²) in [6.45, 7) is 5.60. The van der Waals surface area contributed by atoms with Gasteiger partial charge in [0.05, 0.1) is 10.0 Å². The van der Waals surface area contributed by atoms with E-state index in [1.54, 1.807) is 0 Å². The number of nitrogens with one attached hydrogen (secondary N) is 1. The maximum absolute atomic E-state index is 6.00. The van der Waals surface area contributed by atoms with Crippen molar-refractivity contribution in [3.05, 3.63) is 33.8 Å². The second-order valence-electron chi connectivity index (χ2n) is 4.98. The molecule has 0 bridgehead atoms. The Morgan fingerprint density at radius 2 is 2.00 bits per heavy atom. The highest BCUT2D eigenvalue weighted by Crippen LogP contribution is 2.37. The minimum Gasteiger partial charge on any atom is -0.309 e. The van der Waals surface area contributed by atoms with Gasteiger partial charge >= 0.3 is 0 Å². The van der Waals surface area contributed by atoms with Crippen molar-refractivity contribution < 1.29 is 0 Å². The topological polar surface area (TPSA) is 12.0 Å².